The molecule has 0 rings (SSSR count). The van der Waals surface area contributed by atoms with Crippen LogP contribution in [0.2, 0.25) is 0 Å². The summed E-state index contributed by atoms with van der Waals surface area (Å²) in [5.74, 6) is 0. The van der Waals surface area contributed by atoms with Gasteiger partial charge < -0.3 is 5.32 Å². The van der Waals surface area contributed by atoms with E-state index in [1.807, 2.05) is 0 Å². The van der Waals surface area contributed by atoms with Crippen LogP contribution in [0.15, 0.2) is 0 Å². The third-order valence-corrected chi connectivity index (χ3v) is 3.08. The highest BCUT2D eigenvalue weighted by Crippen LogP contribution is 2.09. The van der Waals surface area contributed by atoms with Gasteiger partial charge in [0, 0.05) is 13.6 Å². The standard InChI is InChI=1S/C14H31N3O/c1-3-4-5-6-7-8-9-10-11-12-13-16-17-14(18)15-2/h16H,3-13H2,1-2H3,(H2,15,17,18). The van der Waals surface area contributed by atoms with Crippen LogP contribution < -0.4 is 16.2 Å². The minimum Gasteiger partial charge on any atom is -0.340 e. The smallest absolute Gasteiger partial charge is 0.328 e. The van der Waals surface area contributed by atoms with Gasteiger partial charge in [-0.1, -0.05) is 64.7 Å². The summed E-state index contributed by atoms with van der Waals surface area (Å²) >= 11 is 0. The summed E-state index contributed by atoms with van der Waals surface area (Å²) < 4.78 is 0. The lowest BCUT2D eigenvalue weighted by atomic mass is 10.1. The molecule has 108 valence electrons. The zero-order chi connectivity index (χ0) is 13.5. The van der Waals surface area contributed by atoms with Crippen LogP contribution in [0.25, 0.3) is 0 Å². The molecule has 0 fully saturated rings. The molecule has 2 amide bonds. The van der Waals surface area contributed by atoms with Crippen molar-refractivity contribution in [2.24, 2.45) is 0 Å². The third kappa shape index (κ3) is 13.3. The Bertz CT molecular complexity index is 186. The molecule has 3 N–H and O–H groups in total. The Morgan fingerprint density at radius 2 is 1.33 bits per heavy atom. The van der Waals surface area contributed by atoms with E-state index in [9.17, 15) is 4.79 Å². The lowest BCUT2D eigenvalue weighted by Gasteiger charge is -2.06. The number of unbranched alkanes of at least 4 members (excludes halogenated alkanes) is 9. The van der Waals surface area contributed by atoms with Crippen LogP contribution in [0.1, 0.15) is 71.1 Å². The summed E-state index contributed by atoms with van der Waals surface area (Å²) in [4.78, 5) is 10.8. The molecule has 0 unspecified atom stereocenters. The molecule has 0 radical (unpaired) electrons. The lowest BCUT2D eigenvalue weighted by Crippen LogP contribution is -2.43. The zero-order valence-corrected chi connectivity index (χ0v) is 12.2. The Balaban J connectivity index is 2.97. The number of hydrazine groups is 1. The van der Waals surface area contributed by atoms with Gasteiger partial charge in [0.05, 0.1) is 0 Å². The van der Waals surface area contributed by atoms with Crippen LogP contribution >= 0.6 is 0 Å². The SMILES string of the molecule is CCCCCCCCCCCCNNC(=O)NC. The Morgan fingerprint density at radius 1 is 0.833 bits per heavy atom. The molecule has 0 atom stereocenters. The predicted molar refractivity (Wildman–Crippen MR) is 77.4 cm³/mol. The van der Waals surface area contributed by atoms with Gasteiger partial charge in [0.2, 0.25) is 0 Å². The van der Waals surface area contributed by atoms with E-state index in [0.717, 1.165) is 13.0 Å². The van der Waals surface area contributed by atoms with Gasteiger partial charge in [-0.3, -0.25) is 5.43 Å². The fourth-order valence-corrected chi connectivity index (χ4v) is 1.91. The molecule has 0 aromatic heterocycles. The quantitative estimate of drug-likeness (QED) is 0.371. The first-order valence-electron chi connectivity index (χ1n) is 7.51. The second kappa shape index (κ2) is 14.3. The van der Waals surface area contributed by atoms with Gasteiger partial charge in [0.25, 0.3) is 0 Å². The third-order valence-electron chi connectivity index (χ3n) is 3.08. The fourth-order valence-electron chi connectivity index (χ4n) is 1.91. The number of nitrogens with one attached hydrogen (secondary N) is 3. The van der Waals surface area contributed by atoms with E-state index in [2.05, 4.69) is 23.1 Å². The molecule has 4 heteroatoms. The minimum absolute atomic E-state index is 0.179. The van der Waals surface area contributed by atoms with Gasteiger partial charge in [-0.05, 0) is 6.42 Å². The van der Waals surface area contributed by atoms with Crippen LogP contribution in [0, 0.1) is 0 Å². The Labute approximate surface area is 112 Å². The summed E-state index contributed by atoms with van der Waals surface area (Å²) in [7, 11) is 1.61. The molecule has 0 aliphatic carbocycles. The maximum atomic E-state index is 10.8. The number of carbonyl (C=O) groups excluding carboxylic acids is 1. The normalized spacial score (nSPS) is 10.3. The van der Waals surface area contributed by atoms with Crippen LogP contribution in [0.4, 0.5) is 4.79 Å². The first-order valence-corrected chi connectivity index (χ1v) is 7.51. The maximum Gasteiger partial charge on any atom is 0.328 e. The Hall–Kier alpha value is -0.770. The highest BCUT2D eigenvalue weighted by molar-refractivity contribution is 5.72. The van der Waals surface area contributed by atoms with E-state index in [1.165, 1.54) is 57.8 Å². The average Bonchev–Trinajstić information content (AvgIpc) is 2.39. The number of hydrogen-bond donors (Lipinski definition) is 3. The molecule has 0 aliphatic heterocycles. The van der Waals surface area contributed by atoms with Crippen molar-refractivity contribution in [2.75, 3.05) is 13.6 Å². The molecule has 0 heterocycles. The first-order chi connectivity index (χ1) is 8.81. The summed E-state index contributed by atoms with van der Waals surface area (Å²) in [5.41, 5.74) is 5.46. The van der Waals surface area contributed by atoms with Crippen molar-refractivity contribution in [1.82, 2.24) is 16.2 Å². The van der Waals surface area contributed by atoms with Gasteiger partial charge >= 0.3 is 6.03 Å². The summed E-state index contributed by atoms with van der Waals surface area (Å²) in [6, 6.07) is -0.179. The van der Waals surface area contributed by atoms with E-state index in [0.29, 0.717) is 0 Å². The molecular formula is C14H31N3O. The van der Waals surface area contributed by atoms with Gasteiger partial charge in [-0.2, -0.15) is 0 Å². The van der Waals surface area contributed by atoms with Crippen LogP contribution in [-0.2, 0) is 0 Å². The molecular weight excluding hydrogens is 226 g/mol. The Kier molecular flexibility index (Phi) is 13.7. The van der Waals surface area contributed by atoms with Crippen LogP contribution in [0.5, 0.6) is 0 Å². The minimum atomic E-state index is -0.179. The van der Waals surface area contributed by atoms with Gasteiger partial charge in [-0.15, -0.1) is 0 Å². The highest BCUT2D eigenvalue weighted by atomic mass is 16.2. The van der Waals surface area contributed by atoms with Crippen molar-refractivity contribution >= 4 is 6.03 Å². The average molecular weight is 257 g/mol. The van der Waals surface area contributed by atoms with E-state index in [4.69, 9.17) is 0 Å². The second-order valence-corrected chi connectivity index (χ2v) is 4.81. The van der Waals surface area contributed by atoms with Crippen molar-refractivity contribution < 1.29 is 4.79 Å². The van der Waals surface area contributed by atoms with E-state index in [1.54, 1.807) is 7.05 Å². The van der Waals surface area contributed by atoms with Gasteiger partial charge in [0.1, 0.15) is 0 Å². The largest absolute Gasteiger partial charge is 0.340 e. The van der Waals surface area contributed by atoms with Gasteiger partial charge in [0.15, 0.2) is 0 Å². The number of amides is 2. The molecule has 0 aliphatic rings. The van der Waals surface area contributed by atoms with Crippen molar-refractivity contribution in [3.8, 4) is 0 Å². The van der Waals surface area contributed by atoms with Crippen molar-refractivity contribution in [3.63, 3.8) is 0 Å². The molecule has 0 bridgehead atoms. The monoisotopic (exact) mass is 257 g/mol. The molecule has 0 saturated carbocycles. The molecule has 18 heavy (non-hydrogen) atoms. The lowest BCUT2D eigenvalue weighted by molar-refractivity contribution is 0.238. The maximum absolute atomic E-state index is 10.8. The Morgan fingerprint density at radius 3 is 1.83 bits per heavy atom. The first kappa shape index (κ1) is 17.2. The number of carbonyl (C=O) groups is 1. The van der Waals surface area contributed by atoms with Crippen LogP contribution in [-0.4, -0.2) is 19.6 Å². The van der Waals surface area contributed by atoms with E-state index in [-0.39, 0.29) is 6.03 Å². The van der Waals surface area contributed by atoms with Crippen LogP contribution in [0.3, 0.4) is 0 Å². The molecule has 0 aromatic rings. The summed E-state index contributed by atoms with van der Waals surface area (Å²) in [6.45, 7) is 3.11. The highest BCUT2D eigenvalue weighted by Gasteiger charge is 1.94. The van der Waals surface area contributed by atoms with Crippen molar-refractivity contribution in [1.29, 1.82) is 0 Å². The topological polar surface area (TPSA) is 53.2 Å². The predicted octanol–water partition coefficient (Wildman–Crippen LogP) is 3.34. The number of urea groups is 1. The van der Waals surface area contributed by atoms with Crippen molar-refractivity contribution in [3.05, 3.63) is 0 Å². The second-order valence-electron chi connectivity index (χ2n) is 4.81. The zero-order valence-electron chi connectivity index (χ0n) is 12.2. The molecule has 4 nitrogen and oxygen atoms in total. The molecule has 0 saturated heterocycles. The molecule has 0 spiro atoms. The van der Waals surface area contributed by atoms with Crippen molar-refractivity contribution in [2.45, 2.75) is 71.1 Å². The van der Waals surface area contributed by atoms with E-state index >= 15 is 0 Å². The molecule has 0 aromatic carbocycles. The fraction of sp³-hybridized carbons (Fsp3) is 0.929. The van der Waals surface area contributed by atoms with Gasteiger partial charge in [-0.25, -0.2) is 10.2 Å². The summed E-state index contributed by atoms with van der Waals surface area (Å²) in [6.07, 6.45) is 13.4. The number of rotatable bonds is 12. The summed E-state index contributed by atoms with van der Waals surface area (Å²) in [5, 5.41) is 2.49. The van der Waals surface area contributed by atoms with E-state index < -0.39 is 0 Å². The number of hydrogen-bond acceptors (Lipinski definition) is 2.